The van der Waals surface area contributed by atoms with Crippen molar-refractivity contribution in [2.75, 3.05) is 23.3 Å². The van der Waals surface area contributed by atoms with Gasteiger partial charge < -0.3 is 11.1 Å². The summed E-state index contributed by atoms with van der Waals surface area (Å²) in [7, 11) is 0. The predicted octanol–water partition coefficient (Wildman–Crippen LogP) is 3.48. The number of nitrogens with two attached hydrogens (primary N) is 1. The molecule has 3 nitrogen and oxygen atoms in total. The molecule has 0 radical (unpaired) electrons. The fourth-order valence-corrected chi connectivity index (χ4v) is 2.14. The molecular formula is C12H12F3N3S. The van der Waals surface area contributed by atoms with Crippen molar-refractivity contribution in [1.29, 1.82) is 0 Å². The van der Waals surface area contributed by atoms with Crippen LogP contribution in [0.1, 0.15) is 0 Å². The number of pyridine rings is 1. The second-order valence-electron chi connectivity index (χ2n) is 3.82. The van der Waals surface area contributed by atoms with Gasteiger partial charge in [0.2, 0.25) is 0 Å². The Balaban J connectivity index is 2.07. The number of hydrogen-bond donors (Lipinski definition) is 2. The Kier molecular flexibility index (Phi) is 4.04. The molecule has 0 aliphatic heterocycles. The topological polar surface area (TPSA) is 50.9 Å². The number of alkyl halides is 3. The van der Waals surface area contributed by atoms with Gasteiger partial charge in [-0.2, -0.15) is 13.2 Å². The number of thioether (sulfide) groups is 1. The lowest BCUT2D eigenvalue weighted by Crippen LogP contribution is -2.09. The minimum absolute atomic E-state index is 0.0415. The fraction of sp³-hybridized carbons (Fsp3) is 0.250. The molecule has 1 aromatic heterocycles. The minimum atomic E-state index is -4.19. The van der Waals surface area contributed by atoms with Crippen LogP contribution in [-0.4, -0.2) is 22.8 Å². The molecule has 3 N–H and O–H groups in total. The van der Waals surface area contributed by atoms with E-state index in [4.69, 9.17) is 5.73 Å². The lowest BCUT2D eigenvalue weighted by atomic mass is 10.1. The van der Waals surface area contributed by atoms with E-state index in [2.05, 4.69) is 10.3 Å². The van der Waals surface area contributed by atoms with Crippen molar-refractivity contribution in [3.05, 3.63) is 30.5 Å². The maximum atomic E-state index is 12.0. The van der Waals surface area contributed by atoms with Crippen molar-refractivity contribution in [3.63, 3.8) is 0 Å². The SMILES string of the molecule is Nc1cccc2c(NCCSC(F)(F)F)ccnc12. The molecule has 1 heterocycles. The molecule has 0 amide bonds. The second kappa shape index (κ2) is 5.56. The van der Waals surface area contributed by atoms with Crippen molar-refractivity contribution >= 4 is 34.0 Å². The quantitative estimate of drug-likeness (QED) is 0.667. The van der Waals surface area contributed by atoms with Crippen molar-refractivity contribution in [2.45, 2.75) is 5.51 Å². The van der Waals surface area contributed by atoms with E-state index in [9.17, 15) is 13.2 Å². The number of nitrogens with one attached hydrogen (secondary N) is 1. The molecule has 0 saturated heterocycles. The molecule has 0 bridgehead atoms. The summed E-state index contributed by atoms with van der Waals surface area (Å²) in [5.74, 6) is -0.0460. The van der Waals surface area contributed by atoms with Gasteiger partial charge in [0.1, 0.15) is 0 Å². The van der Waals surface area contributed by atoms with Crippen LogP contribution in [0.3, 0.4) is 0 Å². The van der Waals surface area contributed by atoms with Crippen molar-refractivity contribution in [1.82, 2.24) is 4.98 Å². The Morgan fingerprint density at radius 1 is 1.26 bits per heavy atom. The van der Waals surface area contributed by atoms with Crippen LogP contribution in [-0.2, 0) is 0 Å². The van der Waals surface area contributed by atoms with Gasteiger partial charge in [0.05, 0.1) is 11.2 Å². The largest absolute Gasteiger partial charge is 0.441 e. The summed E-state index contributed by atoms with van der Waals surface area (Å²) in [6.45, 7) is 0.220. The molecule has 0 fully saturated rings. The fourth-order valence-electron chi connectivity index (χ4n) is 1.71. The maximum absolute atomic E-state index is 12.0. The van der Waals surface area contributed by atoms with E-state index >= 15 is 0 Å². The molecule has 0 saturated carbocycles. The Labute approximate surface area is 112 Å². The molecule has 7 heteroatoms. The third kappa shape index (κ3) is 3.66. The summed E-state index contributed by atoms with van der Waals surface area (Å²) in [5, 5.41) is 3.78. The van der Waals surface area contributed by atoms with E-state index in [1.165, 1.54) is 0 Å². The smallest absolute Gasteiger partial charge is 0.397 e. The van der Waals surface area contributed by atoms with E-state index in [0.717, 1.165) is 11.1 Å². The van der Waals surface area contributed by atoms with Crippen LogP contribution in [0, 0.1) is 0 Å². The highest BCUT2D eigenvalue weighted by molar-refractivity contribution is 8.00. The molecule has 2 aromatic rings. The van der Waals surface area contributed by atoms with Crippen LogP contribution in [0.2, 0.25) is 0 Å². The zero-order valence-corrected chi connectivity index (χ0v) is 10.7. The number of anilines is 2. The van der Waals surface area contributed by atoms with E-state index < -0.39 is 5.51 Å². The normalized spacial score (nSPS) is 11.7. The Morgan fingerprint density at radius 3 is 2.79 bits per heavy atom. The summed E-state index contributed by atoms with van der Waals surface area (Å²) in [6.07, 6.45) is 1.58. The molecule has 0 spiro atoms. The Hall–Kier alpha value is -1.63. The monoisotopic (exact) mass is 287 g/mol. The van der Waals surface area contributed by atoms with Crippen molar-refractivity contribution in [2.24, 2.45) is 0 Å². The van der Waals surface area contributed by atoms with Crippen LogP contribution < -0.4 is 11.1 Å². The summed E-state index contributed by atoms with van der Waals surface area (Å²) >= 11 is -0.0415. The lowest BCUT2D eigenvalue weighted by molar-refractivity contribution is -0.0327. The molecule has 0 unspecified atom stereocenters. The van der Waals surface area contributed by atoms with Crippen molar-refractivity contribution < 1.29 is 13.2 Å². The highest BCUT2D eigenvalue weighted by Crippen LogP contribution is 2.30. The number of halogens is 3. The average molecular weight is 287 g/mol. The van der Waals surface area contributed by atoms with Gasteiger partial charge in [-0.1, -0.05) is 12.1 Å². The first kappa shape index (κ1) is 13.8. The lowest BCUT2D eigenvalue weighted by Gasteiger charge is -2.10. The third-order valence-corrected chi connectivity index (χ3v) is 3.22. The Morgan fingerprint density at radius 2 is 2.05 bits per heavy atom. The maximum Gasteiger partial charge on any atom is 0.441 e. The number of hydrogen-bond acceptors (Lipinski definition) is 4. The van der Waals surface area contributed by atoms with Gasteiger partial charge in [-0.15, -0.1) is 0 Å². The highest BCUT2D eigenvalue weighted by Gasteiger charge is 2.27. The van der Waals surface area contributed by atoms with E-state index in [-0.39, 0.29) is 24.1 Å². The molecular weight excluding hydrogens is 275 g/mol. The summed E-state index contributed by atoms with van der Waals surface area (Å²) in [5.41, 5.74) is 3.54. The minimum Gasteiger partial charge on any atom is -0.397 e. The second-order valence-corrected chi connectivity index (χ2v) is 4.98. The number of para-hydroxylation sites is 1. The van der Waals surface area contributed by atoms with Crippen LogP contribution in [0.4, 0.5) is 24.5 Å². The van der Waals surface area contributed by atoms with Crippen LogP contribution in [0.25, 0.3) is 10.9 Å². The Bertz CT molecular complexity index is 572. The number of nitrogens with zero attached hydrogens (tertiary/aromatic N) is 1. The number of rotatable bonds is 4. The van der Waals surface area contributed by atoms with Gasteiger partial charge in [0.15, 0.2) is 0 Å². The van der Waals surface area contributed by atoms with Crippen LogP contribution >= 0.6 is 11.8 Å². The average Bonchev–Trinajstić information content (AvgIpc) is 2.34. The van der Waals surface area contributed by atoms with E-state index in [1.54, 1.807) is 24.4 Å². The summed E-state index contributed by atoms with van der Waals surface area (Å²) < 4.78 is 36.0. The summed E-state index contributed by atoms with van der Waals surface area (Å²) in [4.78, 5) is 4.16. The number of nitrogen functional groups attached to an aromatic ring is 1. The van der Waals surface area contributed by atoms with Crippen molar-refractivity contribution in [3.8, 4) is 0 Å². The molecule has 0 atom stereocenters. The molecule has 0 aliphatic rings. The molecule has 0 aliphatic carbocycles. The van der Waals surface area contributed by atoms with Gasteiger partial charge in [-0.3, -0.25) is 4.98 Å². The number of benzene rings is 1. The van der Waals surface area contributed by atoms with E-state index in [0.29, 0.717) is 11.2 Å². The first-order chi connectivity index (χ1) is 8.97. The molecule has 19 heavy (non-hydrogen) atoms. The number of aromatic nitrogens is 1. The van der Waals surface area contributed by atoms with Gasteiger partial charge in [0, 0.05) is 29.6 Å². The van der Waals surface area contributed by atoms with E-state index in [1.807, 2.05) is 6.07 Å². The first-order valence-corrected chi connectivity index (χ1v) is 6.54. The standard InChI is InChI=1S/C12H12F3N3S/c13-12(14,15)19-7-6-17-10-4-5-18-11-8(10)2-1-3-9(11)16/h1-5H,6-7,16H2,(H,17,18). The first-order valence-electron chi connectivity index (χ1n) is 5.55. The molecule has 2 rings (SSSR count). The zero-order chi connectivity index (χ0) is 13.9. The molecule has 102 valence electrons. The third-order valence-electron chi connectivity index (χ3n) is 2.49. The molecule has 1 aromatic carbocycles. The number of fused-ring (bicyclic) bond motifs is 1. The van der Waals surface area contributed by atoms with Gasteiger partial charge in [-0.05, 0) is 23.9 Å². The highest BCUT2D eigenvalue weighted by atomic mass is 32.2. The van der Waals surface area contributed by atoms with Crippen LogP contribution in [0.5, 0.6) is 0 Å². The predicted molar refractivity (Wildman–Crippen MR) is 73.2 cm³/mol. The summed E-state index contributed by atoms with van der Waals surface area (Å²) in [6, 6.07) is 7.07. The van der Waals surface area contributed by atoms with Crippen LogP contribution in [0.15, 0.2) is 30.5 Å². The zero-order valence-electron chi connectivity index (χ0n) is 9.87. The van der Waals surface area contributed by atoms with Gasteiger partial charge >= 0.3 is 5.51 Å². The van der Waals surface area contributed by atoms with Gasteiger partial charge in [-0.25, -0.2) is 0 Å². The van der Waals surface area contributed by atoms with Gasteiger partial charge in [0.25, 0.3) is 0 Å².